The molecule has 2 saturated heterocycles. The summed E-state index contributed by atoms with van der Waals surface area (Å²) in [5.74, 6) is 2.35. The molecule has 160 valence electrons. The van der Waals surface area contributed by atoms with Crippen LogP contribution in [-0.4, -0.2) is 80.9 Å². The number of rotatable bonds is 7. The molecule has 8 heteroatoms. The van der Waals surface area contributed by atoms with Crippen LogP contribution in [-0.2, 0) is 9.59 Å². The van der Waals surface area contributed by atoms with Gasteiger partial charge in [-0.3, -0.25) is 9.59 Å². The molecule has 0 aromatic heterocycles. The lowest BCUT2D eigenvalue weighted by Crippen LogP contribution is -3.15. The van der Waals surface area contributed by atoms with Crippen molar-refractivity contribution in [1.82, 2.24) is 9.80 Å². The maximum atomic E-state index is 12.5. The van der Waals surface area contributed by atoms with Gasteiger partial charge in [-0.25, -0.2) is 0 Å². The number of benzene rings is 1. The minimum absolute atomic E-state index is 0.00511. The average Bonchev–Trinajstić information content (AvgIpc) is 3.11. The second kappa shape index (κ2) is 9.71. The molecule has 0 spiro atoms. The highest BCUT2D eigenvalue weighted by molar-refractivity contribution is 8.00. The lowest BCUT2D eigenvalue weighted by Gasteiger charge is -2.34. The van der Waals surface area contributed by atoms with Gasteiger partial charge in [-0.2, -0.15) is 0 Å². The highest BCUT2D eigenvalue weighted by Gasteiger charge is 2.34. The van der Waals surface area contributed by atoms with Crippen LogP contribution in [0.3, 0.4) is 0 Å². The smallest absolute Gasteiger partial charge is 0.234 e. The van der Waals surface area contributed by atoms with Crippen molar-refractivity contribution in [2.75, 3.05) is 59.2 Å². The number of ether oxygens (including phenoxy) is 2. The molecule has 1 aromatic carbocycles. The number of carbonyl (C=O) groups excluding carboxylic acids is 2. The minimum atomic E-state index is 0.00511. The van der Waals surface area contributed by atoms with Gasteiger partial charge in [0.05, 0.1) is 59.2 Å². The van der Waals surface area contributed by atoms with Gasteiger partial charge in [0.25, 0.3) is 0 Å². The van der Waals surface area contributed by atoms with Gasteiger partial charge >= 0.3 is 0 Å². The maximum absolute atomic E-state index is 12.5. The molecule has 1 aromatic rings. The summed E-state index contributed by atoms with van der Waals surface area (Å²) in [4.78, 5) is 30.1. The SMILES string of the molecule is COc1ccc([C@H]2SCC(=O)N2CC[NH+]2CCN(C(=O)C(C)C)CC2)cc1OC. The molecule has 2 heterocycles. The van der Waals surface area contributed by atoms with E-state index in [0.29, 0.717) is 17.3 Å². The molecule has 2 fully saturated rings. The van der Waals surface area contributed by atoms with Gasteiger partial charge in [0, 0.05) is 5.92 Å². The van der Waals surface area contributed by atoms with Gasteiger partial charge < -0.3 is 24.2 Å². The molecule has 0 unspecified atom stereocenters. The number of nitrogens with zero attached hydrogens (tertiary/aromatic N) is 2. The third-order valence-corrected chi connectivity index (χ3v) is 6.90. The molecule has 2 aliphatic rings. The van der Waals surface area contributed by atoms with Crippen LogP contribution < -0.4 is 14.4 Å². The van der Waals surface area contributed by atoms with E-state index >= 15 is 0 Å². The second-order valence-corrected chi connectivity index (χ2v) is 8.91. The van der Waals surface area contributed by atoms with E-state index < -0.39 is 0 Å². The number of methoxy groups -OCH3 is 2. The van der Waals surface area contributed by atoms with Gasteiger partial charge in [0.2, 0.25) is 11.8 Å². The van der Waals surface area contributed by atoms with Crippen molar-refractivity contribution < 1.29 is 24.0 Å². The third kappa shape index (κ3) is 4.98. The molecule has 0 saturated carbocycles. The Kier molecular flexibility index (Phi) is 7.29. The van der Waals surface area contributed by atoms with Gasteiger partial charge in [0.1, 0.15) is 5.37 Å². The molecule has 0 radical (unpaired) electrons. The maximum Gasteiger partial charge on any atom is 0.234 e. The predicted octanol–water partition coefficient (Wildman–Crippen LogP) is 0.661. The summed E-state index contributed by atoms with van der Waals surface area (Å²) in [7, 11) is 3.24. The Morgan fingerprint density at radius 2 is 1.90 bits per heavy atom. The molecular formula is C21H32N3O4S+. The molecule has 3 rings (SSSR count). The normalized spacial score (nSPS) is 20.4. The Morgan fingerprint density at radius 1 is 1.21 bits per heavy atom. The molecule has 1 N–H and O–H groups in total. The van der Waals surface area contributed by atoms with E-state index in [1.807, 2.05) is 41.8 Å². The van der Waals surface area contributed by atoms with E-state index in [9.17, 15) is 9.59 Å². The first kappa shape index (κ1) is 21.8. The number of carbonyl (C=O) groups is 2. The summed E-state index contributed by atoms with van der Waals surface area (Å²) >= 11 is 1.66. The quantitative estimate of drug-likeness (QED) is 0.700. The number of quaternary nitrogens is 1. The van der Waals surface area contributed by atoms with Crippen LogP contribution in [0.25, 0.3) is 0 Å². The standard InChI is InChI=1S/C21H31N3O4S/c1-15(2)20(26)23-10-7-22(8-11-23)9-12-24-19(25)14-29-21(24)16-5-6-17(27-3)18(13-16)28-4/h5-6,13,15,21H,7-12,14H2,1-4H3/p+1/t21-/m1/s1. The number of amides is 2. The first-order chi connectivity index (χ1) is 13.9. The topological polar surface area (TPSA) is 63.5 Å². The summed E-state index contributed by atoms with van der Waals surface area (Å²) in [5.41, 5.74) is 1.06. The van der Waals surface area contributed by atoms with Gasteiger partial charge in [-0.05, 0) is 17.7 Å². The van der Waals surface area contributed by atoms with Crippen molar-refractivity contribution >= 4 is 23.6 Å². The van der Waals surface area contributed by atoms with Crippen molar-refractivity contribution in [2.24, 2.45) is 5.92 Å². The van der Waals surface area contributed by atoms with Crippen molar-refractivity contribution in [3.8, 4) is 11.5 Å². The number of thioether (sulfide) groups is 1. The van der Waals surface area contributed by atoms with Gasteiger partial charge in [-0.1, -0.05) is 19.9 Å². The van der Waals surface area contributed by atoms with Crippen molar-refractivity contribution in [3.63, 3.8) is 0 Å². The first-order valence-electron chi connectivity index (χ1n) is 10.2. The molecule has 2 aliphatic heterocycles. The predicted molar refractivity (Wildman–Crippen MR) is 113 cm³/mol. The zero-order chi connectivity index (χ0) is 21.0. The number of nitrogens with one attached hydrogen (secondary N) is 1. The summed E-state index contributed by atoms with van der Waals surface area (Å²) in [6, 6.07) is 5.87. The molecule has 29 heavy (non-hydrogen) atoms. The Hall–Kier alpha value is -1.93. The molecule has 0 aliphatic carbocycles. The fourth-order valence-corrected chi connectivity index (χ4v) is 5.12. The minimum Gasteiger partial charge on any atom is -0.493 e. The fourth-order valence-electron chi connectivity index (χ4n) is 3.92. The molecular weight excluding hydrogens is 390 g/mol. The summed E-state index contributed by atoms with van der Waals surface area (Å²) in [6.45, 7) is 9.00. The molecule has 0 bridgehead atoms. The zero-order valence-electron chi connectivity index (χ0n) is 17.8. The first-order valence-corrected chi connectivity index (χ1v) is 11.2. The Morgan fingerprint density at radius 3 is 2.52 bits per heavy atom. The zero-order valence-corrected chi connectivity index (χ0v) is 18.6. The summed E-state index contributed by atoms with van der Waals surface area (Å²) in [5, 5.41) is 0.00511. The number of hydrogen-bond donors (Lipinski definition) is 1. The van der Waals surface area contributed by atoms with Crippen LogP contribution in [0.2, 0.25) is 0 Å². The van der Waals surface area contributed by atoms with Crippen molar-refractivity contribution in [3.05, 3.63) is 23.8 Å². The van der Waals surface area contributed by atoms with E-state index in [-0.39, 0.29) is 23.1 Å². The van der Waals surface area contributed by atoms with Crippen LogP contribution in [0.5, 0.6) is 11.5 Å². The number of hydrogen-bond acceptors (Lipinski definition) is 5. The second-order valence-electron chi connectivity index (χ2n) is 7.84. The van der Waals surface area contributed by atoms with Crippen LogP contribution in [0.15, 0.2) is 18.2 Å². The largest absolute Gasteiger partial charge is 0.493 e. The summed E-state index contributed by atoms with van der Waals surface area (Å²) in [6.07, 6.45) is 0. The molecule has 2 amide bonds. The van der Waals surface area contributed by atoms with Gasteiger partial charge in [-0.15, -0.1) is 11.8 Å². The highest BCUT2D eigenvalue weighted by Crippen LogP contribution is 2.41. The molecule has 7 nitrogen and oxygen atoms in total. The monoisotopic (exact) mass is 422 g/mol. The average molecular weight is 423 g/mol. The van der Waals surface area contributed by atoms with Crippen molar-refractivity contribution in [2.45, 2.75) is 19.2 Å². The van der Waals surface area contributed by atoms with E-state index in [1.165, 1.54) is 4.90 Å². The van der Waals surface area contributed by atoms with Crippen LogP contribution in [0, 0.1) is 5.92 Å². The van der Waals surface area contributed by atoms with E-state index in [4.69, 9.17) is 9.47 Å². The van der Waals surface area contributed by atoms with Crippen molar-refractivity contribution in [1.29, 1.82) is 0 Å². The lowest BCUT2D eigenvalue weighted by atomic mass is 10.1. The van der Waals surface area contributed by atoms with Crippen LogP contribution in [0.4, 0.5) is 0 Å². The third-order valence-electron chi connectivity index (χ3n) is 5.64. The van der Waals surface area contributed by atoms with E-state index in [1.54, 1.807) is 26.0 Å². The fraction of sp³-hybridized carbons (Fsp3) is 0.619. The lowest BCUT2D eigenvalue weighted by molar-refractivity contribution is -0.903. The van der Waals surface area contributed by atoms with E-state index in [2.05, 4.69) is 0 Å². The summed E-state index contributed by atoms with van der Waals surface area (Å²) < 4.78 is 10.8. The highest BCUT2D eigenvalue weighted by atomic mass is 32.2. The van der Waals surface area contributed by atoms with Crippen LogP contribution >= 0.6 is 11.8 Å². The molecule has 1 atom stereocenters. The van der Waals surface area contributed by atoms with Crippen LogP contribution in [0.1, 0.15) is 24.8 Å². The van der Waals surface area contributed by atoms with E-state index in [0.717, 1.165) is 44.8 Å². The van der Waals surface area contributed by atoms with Gasteiger partial charge in [0.15, 0.2) is 11.5 Å². The number of piperazine rings is 1. The Balaban J connectivity index is 1.59. The Labute approximate surface area is 177 Å². The Bertz CT molecular complexity index is 735.